The zero-order chi connectivity index (χ0) is 19.8. The van der Waals surface area contributed by atoms with Gasteiger partial charge in [-0.2, -0.15) is 0 Å². The smallest absolute Gasteiger partial charge is 0.224 e. The Morgan fingerprint density at radius 2 is 1.86 bits per heavy atom. The molecule has 1 amide bonds. The molecule has 0 bridgehead atoms. The summed E-state index contributed by atoms with van der Waals surface area (Å²) in [7, 11) is 0. The van der Waals surface area contributed by atoms with E-state index in [1.165, 1.54) is 12.1 Å². The molecule has 0 unspecified atom stereocenters. The van der Waals surface area contributed by atoms with Gasteiger partial charge in [-0.1, -0.05) is 17.7 Å². The fourth-order valence-corrected chi connectivity index (χ4v) is 2.62. The minimum atomic E-state index is -0.490. The van der Waals surface area contributed by atoms with Crippen molar-refractivity contribution >= 4 is 34.8 Å². The lowest BCUT2D eigenvalue weighted by atomic mass is 10.1. The van der Waals surface area contributed by atoms with Crippen molar-refractivity contribution in [1.82, 2.24) is 20.5 Å². The third kappa shape index (κ3) is 5.62. The number of amides is 1. The van der Waals surface area contributed by atoms with Crippen molar-refractivity contribution in [1.29, 1.82) is 0 Å². The van der Waals surface area contributed by atoms with Gasteiger partial charge in [0.05, 0.1) is 18.3 Å². The number of rotatable bonds is 8. The molecule has 0 aliphatic rings. The number of nitrogens with zero attached hydrogens (tertiary/aromatic N) is 3. The van der Waals surface area contributed by atoms with Gasteiger partial charge in [0, 0.05) is 29.9 Å². The first kappa shape index (κ1) is 19.5. The molecule has 3 N–H and O–H groups in total. The highest BCUT2D eigenvalue weighted by Crippen LogP contribution is 2.19. The number of anilines is 3. The van der Waals surface area contributed by atoms with Crippen LogP contribution in [0.15, 0.2) is 54.9 Å². The van der Waals surface area contributed by atoms with E-state index in [2.05, 4.69) is 31.1 Å². The van der Waals surface area contributed by atoms with Crippen LogP contribution in [0.4, 0.5) is 21.7 Å². The summed E-state index contributed by atoms with van der Waals surface area (Å²) in [6, 6.07) is 11.6. The highest BCUT2D eigenvalue weighted by molar-refractivity contribution is 6.31. The van der Waals surface area contributed by atoms with Crippen LogP contribution in [0.25, 0.3) is 0 Å². The maximum absolute atomic E-state index is 13.7. The average Bonchev–Trinajstić information content (AvgIpc) is 2.70. The first-order chi connectivity index (χ1) is 13.6. The standard InChI is InChI=1S/C19H18ClFN6O/c20-15-4-1-5-16(21)14(15)11-19(28)24-10-9-23-17-6-7-18(27-26-17)25-13-3-2-8-22-12-13/h1-8,12H,9-11H2,(H,23,26)(H,24,28)(H,25,27). The molecule has 0 spiro atoms. The van der Waals surface area contributed by atoms with Gasteiger partial charge in [0.15, 0.2) is 5.82 Å². The van der Waals surface area contributed by atoms with Crippen LogP contribution in [0.3, 0.4) is 0 Å². The Morgan fingerprint density at radius 3 is 2.57 bits per heavy atom. The maximum atomic E-state index is 13.7. The molecule has 2 aromatic heterocycles. The number of carbonyl (C=O) groups excluding carboxylic acids is 1. The fraction of sp³-hybridized carbons (Fsp3) is 0.158. The molecule has 0 aliphatic carbocycles. The van der Waals surface area contributed by atoms with E-state index in [0.29, 0.717) is 24.7 Å². The molecule has 0 saturated carbocycles. The van der Waals surface area contributed by atoms with Crippen molar-refractivity contribution < 1.29 is 9.18 Å². The Labute approximate surface area is 166 Å². The summed E-state index contributed by atoms with van der Waals surface area (Å²) in [6.45, 7) is 0.795. The van der Waals surface area contributed by atoms with E-state index in [-0.39, 0.29) is 22.9 Å². The normalized spacial score (nSPS) is 10.4. The fourth-order valence-electron chi connectivity index (χ4n) is 2.39. The van der Waals surface area contributed by atoms with E-state index in [4.69, 9.17) is 11.6 Å². The van der Waals surface area contributed by atoms with E-state index >= 15 is 0 Å². The lowest BCUT2D eigenvalue weighted by molar-refractivity contribution is -0.120. The first-order valence-corrected chi connectivity index (χ1v) is 8.94. The van der Waals surface area contributed by atoms with Crippen LogP contribution in [-0.4, -0.2) is 34.2 Å². The number of aromatic nitrogens is 3. The maximum Gasteiger partial charge on any atom is 0.224 e. The molecular weight excluding hydrogens is 383 g/mol. The number of hydrogen-bond acceptors (Lipinski definition) is 6. The van der Waals surface area contributed by atoms with Gasteiger partial charge < -0.3 is 16.0 Å². The van der Waals surface area contributed by atoms with Crippen LogP contribution < -0.4 is 16.0 Å². The molecule has 144 valence electrons. The second kappa shape index (κ2) is 9.61. The van der Waals surface area contributed by atoms with Crippen LogP contribution in [0.1, 0.15) is 5.56 Å². The number of halogens is 2. The number of nitrogens with one attached hydrogen (secondary N) is 3. The molecule has 7 nitrogen and oxygen atoms in total. The van der Waals surface area contributed by atoms with Crippen molar-refractivity contribution in [3.8, 4) is 0 Å². The van der Waals surface area contributed by atoms with Crippen LogP contribution in [-0.2, 0) is 11.2 Å². The number of benzene rings is 1. The first-order valence-electron chi connectivity index (χ1n) is 8.56. The summed E-state index contributed by atoms with van der Waals surface area (Å²) < 4.78 is 13.7. The van der Waals surface area contributed by atoms with Gasteiger partial charge >= 0.3 is 0 Å². The topological polar surface area (TPSA) is 91.8 Å². The lowest BCUT2D eigenvalue weighted by Crippen LogP contribution is -2.30. The molecule has 2 heterocycles. The number of hydrogen-bond donors (Lipinski definition) is 3. The SMILES string of the molecule is O=C(Cc1c(F)cccc1Cl)NCCNc1ccc(Nc2cccnc2)nn1. The Hall–Kier alpha value is -3.26. The lowest BCUT2D eigenvalue weighted by Gasteiger charge is -2.09. The van der Waals surface area contributed by atoms with Crippen LogP contribution in [0.5, 0.6) is 0 Å². The Kier molecular flexibility index (Phi) is 6.69. The van der Waals surface area contributed by atoms with Gasteiger partial charge in [-0.3, -0.25) is 9.78 Å². The van der Waals surface area contributed by atoms with E-state index < -0.39 is 5.82 Å². The summed E-state index contributed by atoms with van der Waals surface area (Å²) in [6.07, 6.45) is 3.26. The van der Waals surface area contributed by atoms with E-state index in [0.717, 1.165) is 5.69 Å². The quantitative estimate of drug-likeness (QED) is 0.503. The van der Waals surface area contributed by atoms with E-state index in [1.807, 2.05) is 12.1 Å². The molecule has 3 rings (SSSR count). The number of carbonyl (C=O) groups is 1. The van der Waals surface area contributed by atoms with Gasteiger partial charge in [0.2, 0.25) is 5.91 Å². The molecule has 9 heteroatoms. The zero-order valence-electron chi connectivity index (χ0n) is 14.8. The average molecular weight is 401 g/mol. The molecule has 0 fully saturated rings. The van der Waals surface area contributed by atoms with Gasteiger partial charge in [-0.15, -0.1) is 10.2 Å². The van der Waals surface area contributed by atoms with Crippen molar-refractivity contribution in [3.63, 3.8) is 0 Å². The summed E-state index contributed by atoms with van der Waals surface area (Å²) in [5.74, 6) is 0.365. The molecule has 28 heavy (non-hydrogen) atoms. The molecule has 0 radical (unpaired) electrons. The molecule has 3 aromatic rings. The van der Waals surface area contributed by atoms with Gasteiger partial charge in [0.1, 0.15) is 11.6 Å². The van der Waals surface area contributed by atoms with Crippen molar-refractivity contribution in [2.75, 3.05) is 23.7 Å². The van der Waals surface area contributed by atoms with Crippen LogP contribution in [0.2, 0.25) is 5.02 Å². The van der Waals surface area contributed by atoms with Gasteiger partial charge in [0.25, 0.3) is 0 Å². The summed E-state index contributed by atoms with van der Waals surface area (Å²) in [4.78, 5) is 16.0. The van der Waals surface area contributed by atoms with Crippen LogP contribution in [0, 0.1) is 5.82 Å². The van der Waals surface area contributed by atoms with Crippen LogP contribution >= 0.6 is 11.6 Å². The second-order valence-electron chi connectivity index (χ2n) is 5.82. The Morgan fingerprint density at radius 1 is 1.04 bits per heavy atom. The number of pyridine rings is 1. The van der Waals surface area contributed by atoms with Gasteiger partial charge in [-0.05, 0) is 36.4 Å². The van der Waals surface area contributed by atoms with Gasteiger partial charge in [-0.25, -0.2) is 4.39 Å². The third-order valence-corrected chi connectivity index (χ3v) is 4.10. The third-order valence-electron chi connectivity index (χ3n) is 3.75. The van der Waals surface area contributed by atoms with Crippen molar-refractivity contribution in [2.24, 2.45) is 0 Å². The summed E-state index contributed by atoms with van der Waals surface area (Å²) >= 11 is 5.92. The molecule has 0 atom stereocenters. The highest BCUT2D eigenvalue weighted by Gasteiger charge is 2.11. The Bertz CT molecular complexity index is 903. The van der Waals surface area contributed by atoms with Crippen molar-refractivity contribution in [3.05, 3.63) is 71.3 Å². The van der Waals surface area contributed by atoms with E-state index in [1.54, 1.807) is 30.6 Å². The molecule has 1 aromatic carbocycles. The minimum absolute atomic E-state index is 0.111. The summed E-state index contributed by atoms with van der Waals surface area (Å²) in [5.41, 5.74) is 1.01. The largest absolute Gasteiger partial charge is 0.367 e. The molecular formula is C19H18ClFN6O. The molecule has 0 aliphatic heterocycles. The van der Waals surface area contributed by atoms with E-state index in [9.17, 15) is 9.18 Å². The zero-order valence-corrected chi connectivity index (χ0v) is 15.6. The van der Waals surface area contributed by atoms with Crippen molar-refractivity contribution in [2.45, 2.75) is 6.42 Å². The highest BCUT2D eigenvalue weighted by atomic mass is 35.5. The molecule has 0 saturated heterocycles. The monoisotopic (exact) mass is 400 g/mol. The predicted octanol–water partition coefficient (Wildman–Crippen LogP) is 3.18. The minimum Gasteiger partial charge on any atom is -0.367 e. The summed E-state index contributed by atoms with van der Waals surface area (Å²) in [5, 5.41) is 17.2. The predicted molar refractivity (Wildman–Crippen MR) is 106 cm³/mol. The Balaban J connectivity index is 1.41. The second-order valence-corrected chi connectivity index (χ2v) is 6.23.